The van der Waals surface area contributed by atoms with Crippen molar-refractivity contribution in [3.05, 3.63) is 18.0 Å². The Morgan fingerprint density at radius 1 is 1.35 bits per heavy atom. The average molecular weight is 281 g/mol. The fourth-order valence-electron chi connectivity index (χ4n) is 2.92. The predicted molar refractivity (Wildman–Crippen MR) is 84.6 cm³/mol. The van der Waals surface area contributed by atoms with Crippen molar-refractivity contribution in [1.29, 1.82) is 0 Å². The first-order valence-corrected chi connectivity index (χ1v) is 7.55. The summed E-state index contributed by atoms with van der Waals surface area (Å²) in [5, 5.41) is 4.32. The third kappa shape index (κ3) is 4.30. The second kappa shape index (κ2) is 7.76. The zero-order chi connectivity index (χ0) is 15.3. The van der Waals surface area contributed by atoms with E-state index in [0.29, 0.717) is 6.04 Å². The van der Waals surface area contributed by atoms with Crippen LogP contribution in [0.4, 0.5) is 0 Å². The van der Waals surface area contributed by atoms with E-state index in [1.54, 1.807) is 0 Å². The van der Waals surface area contributed by atoms with Crippen molar-refractivity contribution in [3.63, 3.8) is 0 Å². The van der Waals surface area contributed by atoms with Gasteiger partial charge in [0.2, 0.25) is 0 Å². The summed E-state index contributed by atoms with van der Waals surface area (Å²) < 4.78 is 1.86. The van der Waals surface area contributed by atoms with E-state index in [9.17, 15) is 0 Å². The molecule has 1 rings (SSSR count). The van der Waals surface area contributed by atoms with Gasteiger partial charge < -0.3 is 10.6 Å². The molecule has 0 fully saturated rings. The molecule has 0 saturated heterocycles. The van der Waals surface area contributed by atoms with Crippen molar-refractivity contribution in [2.75, 3.05) is 27.2 Å². The number of hydrogen-bond donors (Lipinski definition) is 1. The van der Waals surface area contributed by atoms with Crippen LogP contribution in [0.15, 0.2) is 12.4 Å². The van der Waals surface area contributed by atoms with Crippen LogP contribution in [0.25, 0.3) is 0 Å². The summed E-state index contributed by atoms with van der Waals surface area (Å²) in [6.07, 6.45) is 5.00. The van der Waals surface area contributed by atoms with Gasteiger partial charge in [0.1, 0.15) is 0 Å². The Hall–Kier alpha value is -0.910. The van der Waals surface area contributed by atoms with Crippen molar-refractivity contribution < 1.29 is 0 Å². The molecule has 116 valence electrons. The number of nitrogens with zero attached hydrogens (tertiary/aromatic N) is 4. The van der Waals surface area contributed by atoms with Crippen molar-refractivity contribution in [3.8, 4) is 0 Å². The number of nitrogens with two attached hydrogens (primary N) is 1. The van der Waals surface area contributed by atoms with Crippen LogP contribution in [0.2, 0.25) is 0 Å². The summed E-state index contributed by atoms with van der Waals surface area (Å²) in [7, 11) is 6.18. The van der Waals surface area contributed by atoms with Gasteiger partial charge in [0, 0.05) is 37.4 Å². The Bertz CT molecular complexity index is 387. The Balaban J connectivity index is 3.01. The van der Waals surface area contributed by atoms with E-state index in [1.807, 2.05) is 17.9 Å². The van der Waals surface area contributed by atoms with Crippen LogP contribution < -0.4 is 5.73 Å². The van der Waals surface area contributed by atoms with Gasteiger partial charge in [-0.1, -0.05) is 13.8 Å². The largest absolute Gasteiger partial charge is 0.326 e. The minimum atomic E-state index is 0.128. The highest BCUT2D eigenvalue weighted by molar-refractivity contribution is 5.14. The van der Waals surface area contributed by atoms with Crippen LogP contribution in [0.1, 0.15) is 38.8 Å². The lowest BCUT2D eigenvalue weighted by Gasteiger charge is -2.39. The van der Waals surface area contributed by atoms with Crippen LogP contribution in [-0.2, 0) is 7.05 Å². The summed E-state index contributed by atoms with van der Waals surface area (Å²) >= 11 is 0. The highest BCUT2D eigenvalue weighted by Gasteiger charge is 2.29. The molecule has 1 aromatic rings. The third-order valence-electron chi connectivity index (χ3n) is 3.86. The Labute approximate surface area is 123 Å². The maximum absolute atomic E-state index is 6.41. The number of aromatic nitrogens is 2. The summed E-state index contributed by atoms with van der Waals surface area (Å²) in [6.45, 7) is 8.65. The van der Waals surface area contributed by atoms with E-state index in [-0.39, 0.29) is 12.1 Å². The second-order valence-corrected chi connectivity index (χ2v) is 5.91. The Morgan fingerprint density at radius 2 is 2.00 bits per heavy atom. The van der Waals surface area contributed by atoms with Gasteiger partial charge in [-0.2, -0.15) is 5.10 Å². The van der Waals surface area contributed by atoms with E-state index in [2.05, 4.69) is 56.0 Å². The molecule has 5 nitrogen and oxygen atoms in total. The fourth-order valence-corrected chi connectivity index (χ4v) is 2.92. The average Bonchev–Trinajstić information content (AvgIpc) is 2.80. The van der Waals surface area contributed by atoms with Crippen LogP contribution >= 0.6 is 0 Å². The van der Waals surface area contributed by atoms with E-state index < -0.39 is 0 Å². The van der Waals surface area contributed by atoms with E-state index in [4.69, 9.17) is 5.73 Å². The summed E-state index contributed by atoms with van der Waals surface area (Å²) in [4.78, 5) is 4.72. The lowest BCUT2D eigenvalue weighted by atomic mass is 9.97. The second-order valence-electron chi connectivity index (χ2n) is 5.91. The van der Waals surface area contributed by atoms with Gasteiger partial charge in [-0.3, -0.25) is 9.58 Å². The zero-order valence-corrected chi connectivity index (χ0v) is 13.9. The Kier molecular flexibility index (Phi) is 6.65. The molecule has 3 unspecified atom stereocenters. The van der Waals surface area contributed by atoms with E-state index >= 15 is 0 Å². The Morgan fingerprint density at radius 3 is 2.40 bits per heavy atom. The summed E-state index contributed by atoms with van der Waals surface area (Å²) in [5.74, 6) is 0. The van der Waals surface area contributed by atoms with Gasteiger partial charge in [-0.05, 0) is 34.0 Å². The number of likely N-dealkylation sites (N-methyl/N-ethyl adjacent to an activating group) is 2. The highest BCUT2D eigenvalue weighted by Crippen LogP contribution is 2.26. The minimum absolute atomic E-state index is 0.128. The monoisotopic (exact) mass is 281 g/mol. The zero-order valence-electron chi connectivity index (χ0n) is 13.9. The number of aryl methyl sites for hydroxylation is 1. The first kappa shape index (κ1) is 17.1. The van der Waals surface area contributed by atoms with Crippen molar-refractivity contribution in [1.82, 2.24) is 19.6 Å². The summed E-state index contributed by atoms with van der Waals surface area (Å²) in [6, 6.07) is 0.815. The first-order valence-electron chi connectivity index (χ1n) is 7.55. The van der Waals surface area contributed by atoms with Gasteiger partial charge in [0.15, 0.2) is 0 Å². The van der Waals surface area contributed by atoms with Crippen molar-refractivity contribution in [2.45, 2.75) is 45.3 Å². The maximum Gasteiger partial charge on any atom is 0.0538 e. The van der Waals surface area contributed by atoms with Crippen LogP contribution in [0.3, 0.4) is 0 Å². The summed E-state index contributed by atoms with van der Waals surface area (Å²) in [5.41, 5.74) is 7.63. The molecule has 0 aliphatic rings. The van der Waals surface area contributed by atoms with Gasteiger partial charge in [0.25, 0.3) is 0 Å². The molecule has 20 heavy (non-hydrogen) atoms. The van der Waals surface area contributed by atoms with Crippen LogP contribution in [0.5, 0.6) is 0 Å². The molecule has 2 N–H and O–H groups in total. The molecule has 0 saturated carbocycles. The molecule has 3 atom stereocenters. The van der Waals surface area contributed by atoms with Gasteiger partial charge in [0.05, 0.1) is 12.2 Å². The fraction of sp³-hybridized carbons (Fsp3) is 0.800. The van der Waals surface area contributed by atoms with Gasteiger partial charge in [-0.25, -0.2) is 0 Å². The van der Waals surface area contributed by atoms with Crippen LogP contribution in [0, 0.1) is 0 Å². The van der Waals surface area contributed by atoms with Gasteiger partial charge in [-0.15, -0.1) is 0 Å². The molecule has 5 heteroatoms. The SMILES string of the molecule is CCC(N)C(c1cnn(C)c1)N(CC)C(C)CN(C)C. The lowest BCUT2D eigenvalue weighted by molar-refractivity contribution is 0.109. The molecule has 0 radical (unpaired) electrons. The van der Waals surface area contributed by atoms with Gasteiger partial charge >= 0.3 is 0 Å². The first-order chi connectivity index (χ1) is 9.40. The molecule has 1 aromatic heterocycles. The standard InChI is InChI=1S/C15H31N5/c1-7-14(16)15(13-9-17-19(6)11-13)20(8-2)12(3)10-18(4)5/h9,11-12,14-15H,7-8,10,16H2,1-6H3. The molecule has 0 amide bonds. The molecule has 0 bridgehead atoms. The third-order valence-corrected chi connectivity index (χ3v) is 3.86. The maximum atomic E-state index is 6.41. The quantitative estimate of drug-likeness (QED) is 0.784. The van der Waals surface area contributed by atoms with E-state index in [0.717, 1.165) is 19.5 Å². The minimum Gasteiger partial charge on any atom is -0.326 e. The van der Waals surface area contributed by atoms with Crippen LogP contribution in [-0.4, -0.2) is 58.8 Å². The molecule has 0 aromatic carbocycles. The molecule has 0 aliphatic heterocycles. The highest BCUT2D eigenvalue weighted by atomic mass is 15.3. The topological polar surface area (TPSA) is 50.3 Å². The van der Waals surface area contributed by atoms with Crippen molar-refractivity contribution >= 4 is 0 Å². The normalized spacial score (nSPS) is 16.6. The molecule has 0 aliphatic carbocycles. The molecule has 0 spiro atoms. The van der Waals surface area contributed by atoms with E-state index in [1.165, 1.54) is 5.56 Å². The smallest absolute Gasteiger partial charge is 0.0538 e. The number of rotatable bonds is 8. The number of hydrogen-bond acceptors (Lipinski definition) is 4. The molecule has 1 heterocycles. The molecular formula is C15H31N5. The predicted octanol–water partition coefficient (Wildman–Crippen LogP) is 1.47. The molecular weight excluding hydrogens is 250 g/mol. The van der Waals surface area contributed by atoms with Crippen molar-refractivity contribution in [2.24, 2.45) is 12.8 Å². The lowest BCUT2D eigenvalue weighted by Crippen LogP contribution is -2.48.